The lowest BCUT2D eigenvalue weighted by Crippen LogP contribution is -2.44. The number of hydrogen-bond acceptors (Lipinski definition) is 4. The van der Waals surface area contributed by atoms with Crippen molar-refractivity contribution in [2.45, 2.75) is 31.3 Å². The summed E-state index contributed by atoms with van der Waals surface area (Å²) < 4.78 is 16.3. The van der Waals surface area contributed by atoms with Crippen molar-refractivity contribution in [2.24, 2.45) is 0 Å². The number of ether oxygens (including phenoxy) is 3. The lowest BCUT2D eigenvalue weighted by atomic mass is 9.73. The molecule has 0 radical (unpaired) electrons. The van der Waals surface area contributed by atoms with Gasteiger partial charge in [-0.25, -0.2) is 0 Å². The molecule has 1 N–H and O–H groups in total. The first-order chi connectivity index (χ1) is 13.9. The number of rotatable bonds is 7. The summed E-state index contributed by atoms with van der Waals surface area (Å²) in [5.41, 5.74) is 0.881. The summed E-state index contributed by atoms with van der Waals surface area (Å²) in [5, 5.41) is 4.09. The number of halogens is 2. The number of hydrogen-bond donors (Lipinski definition) is 1. The summed E-state index contributed by atoms with van der Waals surface area (Å²) in [5.74, 6) is 0.466. The quantitative estimate of drug-likeness (QED) is 0.654. The summed E-state index contributed by atoms with van der Waals surface area (Å²) >= 11 is 12.4. The van der Waals surface area contributed by atoms with Crippen LogP contribution >= 0.6 is 23.2 Å². The zero-order valence-electron chi connectivity index (χ0n) is 16.5. The monoisotopic (exact) mass is 437 g/mol. The second kappa shape index (κ2) is 9.81. The second-order valence-corrected chi connectivity index (χ2v) is 8.03. The SMILES string of the molecule is COC[C@@H](C)Oc1ccc(NC(=O)C2(c3ccc(Cl)cc3)CCOCC2)cc1Cl. The minimum absolute atomic E-state index is 0.0828. The Hall–Kier alpha value is -1.79. The van der Waals surface area contributed by atoms with E-state index in [0.717, 1.165) is 5.56 Å². The number of benzene rings is 2. The molecule has 0 spiro atoms. The third-order valence-electron chi connectivity index (χ3n) is 5.10. The Bertz CT molecular complexity index is 835. The number of carbonyl (C=O) groups is 1. The van der Waals surface area contributed by atoms with Gasteiger partial charge in [0.15, 0.2) is 0 Å². The van der Waals surface area contributed by atoms with E-state index in [1.807, 2.05) is 31.2 Å². The third-order valence-corrected chi connectivity index (χ3v) is 5.64. The van der Waals surface area contributed by atoms with Gasteiger partial charge in [0, 0.05) is 31.0 Å². The number of methoxy groups -OCH3 is 1. The third kappa shape index (κ3) is 5.23. The predicted molar refractivity (Wildman–Crippen MR) is 115 cm³/mol. The summed E-state index contributed by atoms with van der Waals surface area (Å²) in [4.78, 5) is 13.3. The van der Waals surface area contributed by atoms with Crippen molar-refractivity contribution in [2.75, 3.05) is 32.2 Å². The Morgan fingerprint density at radius 3 is 2.48 bits per heavy atom. The number of anilines is 1. The first kappa shape index (κ1) is 21.9. The van der Waals surface area contributed by atoms with Crippen molar-refractivity contribution in [3.63, 3.8) is 0 Å². The highest BCUT2D eigenvalue weighted by Crippen LogP contribution is 2.37. The first-order valence-corrected chi connectivity index (χ1v) is 10.3. The van der Waals surface area contributed by atoms with Crippen molar-refractivity contribution in [3.8, 4) is 5.75 Å². The molecule has 3 rings (SSSR count). The Kier molecular flexibility index (Phi) is 7.41. The van der Waals surface area contributed by atoms with E-state index in [1.165, 1.54) is 0 Å². The molecule has 0 bridgehead atoms. The van der Waals surface area contributed by atoms with Crippen LogP contribution in [0.25, 0.3) is 0 Å². The number of amides is 1. The zero-order chi connectivity index (χ0) is 20.9. The van der Waals surface area contributed by atoms with Crippen LogP contribution < -0.4 is 10.1 Å². The minimum atomic E-state index is -0.669. The minimum Gasteiger partial charge on any atom is -0.487 e. The lowest BCUT2D eigenvalue weighted by molar-refractivity contribution is -0.125. The van der Waals surface area contributed by atoms with E-state index in [-0.39, 0.29) is 12.0 Å². The van der Waals surface area contributed by atoms with Crippen LogP contribution in [0, 0.1) is 0 Å². The maximum atomic E-state index is 13.3. The molecule has 7 heteroatoms. The van der Waals surface area contributed by atoms with Crippen LogP contribution in [0.4, 0.5) is 5.69 Å². The van der Waals surface area contributed by atoms with Gasteiger partial charge < -0.3 is 19.5 Å². The van der Waals surface area contributed by atoms with Crippen LogP contribution in [0.15, 0.2) is 42.5 Å². The van der Waals surface area contributed by atoms with E-state index in [4.69, 9.17) is 37.4 Å². The lowest BCUT2D eigenvalue weighted by Gasteiger charge is -2.36. The molecule has 0 unspecified atom stereocenters. The molecule has 1 fully saturated rings. The van der Waals surface area contributed by atoms with Crippen molar-refractivity contribution in [1.29, 1.82) is 0 Å². The highest BCUT2D eigenvalue weighted by molar-refractivity contribution is 6.32. The van der Waals surface area contributed by atoms with Crippen molar-refractivity contribution < 1.29 is 19.0 Å². The normalized spacial score (nSPS) is 16.8. The van der Waals surface area contributed by atoms with Gasteiger partial charge in [-0.1, -0.05) is 35.3 Å². The molecule has 0 saturated carbocycles. The summed E-state index contributed by atoms with van der Waals surface area (Å²) in [6.07, 6.45) is 1.07. The maximum absolute atomic E-state index is 13.3. The highest BCUT2D eigenvalue weighted by Gasteiger charge is 2.41. The van der Waals surface area contributed by atoms with Crippen LogP contribution in [0.1, 0.15) is 25.3 Å². The van der Waals surface area contributed by atoms with Gasteiger partial charge in [-0.3, -0.25) is 4.79 Å². The van der Waals surface area contributed by atoms with E-state index in [0.29, 0.717) is 54.1 Å². The average Bonchev–Trinajstić information content (AvgIpc) is 2.71. The Morgan fingerprint density at radius 1 is 1.17 bits per heavy atom. The molecule has 5 nitrogen and oxygen atoms in total. The summed E-state index contributed by atoms with van der Waals surface area (Å²) in [6.45, 7) is 3.42. The zero-order valence-corrected chi connectivity index (χ0v) is 18.1. The molecule has 29 heavy (non-hydrogen) atoms. The van der Waals surface area contributed by atoms with Gasteiger partial charge >= 0.3 is 0 Å². The van der Waals surface area contributed by atoms with Crippen LogP contribution in [-0.2, 0) is 19.7 Å². The van der Waals surface area contributed by atoms with Gasteiger partial charge in [0.2, 0.25) is 5.91 Å². The highest BCUT2D eigenvalue weighted by atomic mass is 35.5. The Labute approximate surface area is 181 Å². The average molecular weight is 438 g/mol. The van der Waals surface area contributed by atoms with Crippen molar-refractivity contribution >= 4 is 34.8 Å². The fourth-order valence-electron chi connectivity index (χ4n) is 3.55. The van der Waals surface area contributed by atoms with Crippen molar-refractivity contribution in [1.82, 2.24) is 0 Å². The first-order valence-electron chi connectivity index (χ1n) is 9.55. The maximum Gasteiger partial charge on any atom is 0.235 e. The smallest absolute Gasteiger partial charge is 0.235 e. The van der Waals surface area contributed by atoms with E-state index in [2.05, 4.69) is 5.32 Å². The van der Waals surface area contributed by atoms with Gasteiger partial charge in [0.1, 0.15) is 11.9 Å². The van der Waals surface area contributed by atoms with Crippen LogP contribution in [-0.4, -0.2) is 38.9 Å². The predicted octanol–water partition coefficient (Wildman–Crippen LogP) is 5.09. The topological polar surface area (TPSA) is 56.8 Å². The fraction of sp³-hybridized carbons (Fsp3) is 0.409. The molecule has 156 valence electrons. The molecule has 1 amide bonds. The molecule has 0 aromatic heterocycles. The molecule has 1 heterocycles. The molecule has 0 aliphatic carbocycles. The summed E-state index contributed by atoms with van der Waals surface area (Å²) in [6, 6.07) is 12.7. The largest absolute Gasteiger partial charge is 0.487 e. The van der Waals surface area contributed by atoms with Gasteiger partial charge in [0.05, 0.1) is 17.0 Å². The van der Waals surface area contributed by atoms with E-state index in [9.17, 15) is 4.79 Å². The van der Waals surface area contributed by atoms with Gasteiger partial charge in [0.25, 0.3) is 0 Å². The molecule has 1 aliphatic rings. The van der Waals surface area contributed by atoms with Gasteiger partial charge in [-0.2, -0.15) is 0 Å². The van der Waals surface area contributed by atoms with E-state index in [1.54, 1.807) is 25.3 Å². The summed E-state index contributed by atoms with van der Waals surface area (Å²) in [7, 11) is 1.62. The Morgan fingerprint density at radius 2 is 1.86 bits per heavy atom. The van der Waals surface area contributed by atoms with Gasteiger partial charge in [-0.05, 0) is 55.7 Å². The van der Waals surface area contributed by atoms with E-state index < -0.39 is 5.41 Å². The Balaban J connectivity index is 1.79. The van der Waals surface area contributed by atoms with E-state index >= 15 is 0 Å². The second-order valence-electron chi connectivity index (χ2n) is 7.18. The fourth-order valence-corrected chi connectivity index (χ4v) is 3.90. The van der Waals surface area contributed by atoms with Crippen molar-refractivity contribution in [3.05, 3.63) is 58.1 Å². The molecular weight excluding hydrogens is 413 g/mol. The standard InChI is InChI=1S/C22H25Cl2NO4/c1-15(14-27-2)29-20-8-7-18(13-19(20)24)25-21(26)22(9-11-28-12-10-22)16-3-5-17(23)6-4-16/h3-8,13,15H,9-12,14H2,1-2H3,(H,25,26)/t15-/m1/s1. The molecule has 1 saturated heterocycles. The van der Waals surface area contributed by atoms with Gasteiger partial charge in [-0.15, -0.1) is 0 Å². The molecule has 2 aromatic rings. The molecular formula is C22H25Cl2NO4. The number of nitrogens with one attached hydrogen (secondary N) is 1. The van der Waals surface area contributed by atoms with Crippen LogP contribution in [0.2, 0.25) is 10.0 Å². The van der Waals surface area contributed by atoms with Crippen LogP contribution in [0.3, 0.4) is 0 Å². The van der Waals surface area contributed by atoms with Crippen LogP contribution in [0.5, 0.6) is 5.75 Å². The molecule has 2 aromatic carbocycles. The number of carbonyl (C=O) groups excluding carboxylic acids is 1. The molecule has 1 aliphatic heterocycles. The molecule has 1 atom stereocenters.